The number of amides is 1. The van der Waals surface area contributed by atoms with Crippen LogP contribution in [0.1, 0.15) is 47.9 Å². The van der Waals surface area contributed by atoms with Crippen LogP contribution in [-0.4, -0.2) is 41.6 Å². The fraction of sp³-hybridized carbons (Fsp3) is 0.364. The summed E-state index contributed by atoms with van der Waals surface area (Å²) in [6, 6.07) is 4.49. The molecule has 8 nitrogen and oxygen atoms in total. The molecule has 0 radical (unpaired) electrons. The molecule has 3 aromatic rings. The lowest BCUT2D eigenvalue weighted by Gasteiger charge is -2.25. The van der Waals surface area contributed by atoms with E-state index in [4.69, 9.17) is 5.73 Å². The predicted octanol–water partition coefficient (Wildman–Crippen LogP) is 3.55. The van der Waals surface area contributed by atoms with Crippen LogP contribution >= 0.6 is 0 Å². The van der Waals surface area contributed by atoms with E-state index in [-0.39, 0.29) is 28.0 Å². The van der Waals surface area contributed by atoms with Gasteiger partial charge in [-0.05, 0) is 49.9 Å². The zero-order valence-corrected chi connectivity index (χ0v) is 18.9. The number of pyridine rings is 1. The van der Waals surface area contributed by atoms with Gasteiger partial charge in [0.05, 0.1) is 16.5 Å². The van der Waals surface area contributed by atoms with Gasteiger partial charge in [-0.3, -0.25) is 9.48 Å². The number of aromatic nitrogens is 3. The van der Waals surface area contributed by atoms with Crippen LogP contribution in [0.4, 0.5) is 13.2 Å². The van der Waals surface area contributed by atoms with Gasteiger partial charge in [0.2, 0.25) is 0 Å². The zero-order chi connectivity index (χ0) is 24.8. The molecule has 180 valence electrons. The van der Waals surface area contributed by atoms with Crippen LogP contribution < -0.4 is 5.73 Å². The summed E-state index contributed by atoms with van der Waals surface area (Å²) < 4.78 is 66.3. The first-order valence-electron chi connectivity index (χ1n) is 10.4. The van der Waals surface area contributed by atoms with Gasteiger partial charge in [0, 0.05) is 34.9 Å². The topological polar surface area (TPSA) is 125 Å². The van der Waals surface area contributed by atoms with Crippen molar-refractivity contribution in [3.63, 3.8) is 0 Å². The highest BCUT2D eigenvalue weighted by Crippen LogP contribution is 2.37. The van der Waals surface area contributed by atoms with Crippen molar-refractivity contribution >= 4 is 32.9 Å². The number of primary amides is 1. The van der Waals surface area contributed by atoms with Crippen LogP contribution in [-0.2, 0) is 20.8 Å². The fourth-order valence-corrected chi connectivity index (χ4v) is 5.19. The Hall–Kier alpha value is -3.28. The molecule has 0 saturated heterocycles. The molecule has 0 aliphatic heterocycles. The van der Waals surface area contributed by atoms with Crippen molar-refractivity contribution in [3.8, 4) is 11.1 Å². The summed E-state index contributed by atoms with van der Waals surface area (Å²) in [6.07, 6.45) is 1.74. The number of nitrogens with two attached hydrogens (primary N) is 1. The van der Waals surface area contributed by atoms with Crippen LogP contribution in [0.15, 0.2) is 35.4 Å². The van der Waals surface area contributed by atoms with Gasteiger partial charge in [-0.15, -0.1) is 0 Å². The Morgan fingerprint density at radius 2 is 1.82 bits per heavy atom. The molecule has 1 saturated carbocycles. The molecule has 4 rings (SSSR count). The lowest BCUT2D eigenvalue weighted by molar-refractivity contribution is -0.141. The van der Waals surface area contributed by atoms with Gasteiger partial charge in [0.1, 0.15) is 17.7 Å². The lowest BCUT2D eigenvalue weighted by atomic mass is 9.87. The number of benzene rings is 1. The van der Waals surface area contributed by atoms with E-state index < -0.39 is 33.3 Å². The molecule has 0 spiro atoms. The molecule has 34 heavy (non-hydrogen) atoms. The second-order valence-corrected chi connectivity index (χ2v) is 10.4. The molecule has 0 atom stereocenters. The molecule has 0 bridgehead atoms. The normalized spacial score (nSPS) is 19.3. The molecule has 1 fully saturated rings. The Morgan fingerprint density at radius 3 is 2.38 bits per heavy atom. The first-order valence-corrected chi connectivity index (χ1v) is 12.3. The van der Waals surface area contributed by atoms with Crippen molar-refractivity contribution in [2.75, 3.05) is 6.26 Å². The number of hydrogen-bond acceptors (Lipinski definition) is 6. The third-order valence-corrected chi connectivity index (χ3v) is 7.18. The van der Waals surface area contributed by atoms with Crippen molar-refractivity contribution in [1.82, 2.24) is 14.8 Å². The van der Waals surface area contributed by atoms with Crippen molar-refractivity contribution in [2.24, 2.45) is 11.7 Å². The number of aldehydes is 1. The minimum Gasteiger partial charge on any atom is -0.364 e. The molecular formula is C22H21F3N4O4S. The van der Waals surface area contributed by atoms with Crippen LogP contribution in [0.25, 0.3) is 22.0 Å². The van der Waals surface area contributed by atoms with Crippen molar-refractivity contribution in [3.05, 3.63) is 41.9 Å². The smallest absolute Gasteiger partial charge is 0.364 e. The number of alkyl halides is 3. The highest BCUT2D eigenvalue weighted by molar-refractivity contribution is 7.90. The van der Waals surface area contributed by atoms with E-state index in [0.29, 0.717) is 17.0 Å². The summed E-state index contributed by atoms with van der Waals surface area (Å²) in [6.45, 7) is 0. The van der Waals surface area contributed by atoms with Crippen molar-refractivity contribution in [1.29, 1.82) is 0 Å². The molecule has 12 heteroatoms. The molecule has 2 N–H and O–H groups in total. The highest BCUT2D eigenvalue weighted by Gasteiger charge is 2.34. The van der Waals surface area contributed by atoms with Crippen molar-refractivity contribution < 1.29 is 31.2 Å². The number of carbonyl (C=O) groups is 2. The van der Waals surface area contributed by atoms with Crippen LogP contribution in [0, 0.1) is 5.92 Å². The van der Waals surface area contributed by atoms with Crippen molar-refractivity contribution in [2.45, 2.75) is 42.8 Å². The van der Waals surface area contributed by atoms with Gasteiger partial charge in [-0.25, -0.2) is 13.4 Å². The molecule has 0 unspecified atom stereocenters. The number of sulfone groups is 1. The van der Waals surface area contributed by atoms with Gasteiger partial charge >= 0.3 is 6.18 Å². The minimum atomic E-state index is -4.81. The summed E-state index contributed by atoms with van der Waals surface area (Å²) in [5, 5.41) is 5.05. The maximum Gasteiger partial charge on any atom is 0.433 e. The Kier molecular flexibility index (Phi) is 5.96. The maximum atomic E-state index is 13.1. The van der Waals surface area contributed by atoms with E-state index in [9.17, 15) is 31.2 Å². The van der Waals surface area contributed by atoms with E-state index >= 15 is 0 Å². The van der Waals surface area contributed by atoms with Crippen LogP contribution in [0.5, 0.6) is 0 Å². The maximum absolute atomic E-state index is 13.1. The Morgan fingerprint density at radius 1 is 1.15 bits per heavy atom. The summed E-state index contributed by atoms with van der Waals surface area (Å²) in [4.78, 5) is 26.1. The number of carbonyl (C=O) groups excluding carboxylic acids is 2. The molecule has 1 aromatic carbocycles. The molecule has 2 heterocycles. The second-order valence-electron chi connectivity index (χ2n) is 8.45. The summed E-state index contributed by atoms with van der Waals surface area (Å²) in [7, 11) is -3.87. The average molecular weight is 494 g/mol. The third kappa shape index (κ3) is 4.54. The van der Waals surface area contributed by atoms with E-state index in [1.54, 1.807) is 10.9 Å². The van der Waals surface area contributed by atoms with Gasteiger partial charge in [-0.1, -0.05) is 0 Å². The largest absolute Gasteiger partial charge is 0.433 e. The Balaban J connectivity index is 1.87. The average Bonchev–Trinajstić information content (AvgIpc) is 3.20. The number of rotatable bonds is 5. The number of hydrogen-bond donors (Lipinski definition) is 1. The number of halogens is 3. The first kappa shape index (κ1) is 23.9. The van der Waals surface area contributed by atoms with Gasteiger partial charge in [0.15, 0.2) is 9.84 Å². The van der Waals surface area contributed by atoms with E-state index in [1.165, 1.54) is 12.1 Å². The quantitative estimate of drug-likeness (QED) is 0.541. The fourth-order valence-electron chi connectivity index (χ4n) is 4.30. The predicted molar refractivity (Wildman–Crippen MR) is 117 cm³/mol. The Bertz CT molecular complexity index is 1390. The summed E-state index contributed by atoms with van der Waals surface area (Å²) in [5.41, 5.74) is 3.57. The summed E-state index contributed by atoms with van der Waals surface area (Å²) >= 11 is 0. The van der Waals surface area contributed by atoms with Crippen LogP contribution in [0.2, 0.25) is 0 Å². The standard InChI is InChI=1S/C22H21F3N4O4S/c1-34(32,33)18-9-17-13(10-29(28-17)14-4-2-12(11-30)3-5-14)8-16(18)15-6-7-19(22(23,24)25)27-20(15)21(26)31/h6-12,14H,2-5H2,1H3,(H2,26,31). The molecule has 1 aliphatic carbocycles. The number of fused-ring (bicyclic) bond motifs is 1. The molecular weight excluding hydrogens is 473 g/mol. The minimum absolute atomic E-state index is 0.00855. The third-order valence-electron chi connectivity index (χ3n) is 6.04. The molecule has 1 aliphatic rings. The first-order chi connectivity index (χ1) is 15.9. The van der Waals surface area contributed by atoms with E-state index in [0.717, 1.165) is 44.3 Å². The second kappa shape index (κ2) is 8.49. The monoisotopic (exact) mass is 494 g/mol. The van der Waals surface area contributed by atoms with E-state index in [2.05, 4.69) is 10.1 Å². The van der Waals surface area contributed by atoms with Gasteiger partial charge in [0.25, 0.3) is 5.91 Å². The zero-order valence-electron chi connectivity index (χ0n) is 18.0. The summed E-state index contributed by atoms with van der Waals surface area (Å²) in [5.74, 6) is -1.20. The van der Waals surface area contributed by atoms with E-state index in [1.807, 2.05) is 0 Å². The molecule has 1 amide bonds. The lowest BCUT2D eigenvalue weighted by Crippen LogP contribution is -2.19. The Labute approximate surface area is 192 Å². The highest BCUT2D eigenvalue weighted by atomic mass is 32.2. The van der Waals surface area contributed by atoms with Gasteiger partial charge < -0.3 is 10.5 Å². The number of nitrogens with zero attached hydrogens (tertiary/aromatic N) is 3. The molecule has 2 aromatic heterocycles. The van der Waals surface area contributed by atoms with Crippen LogP contribution in [0.3, 0.4) is 0 Å². The SMILES string of the molecule is CS(=O)(=O)c1cc2nn(C3CCC(C=O)CC3)cc2cc1-c1ccc(C(F)(F)F)nc1C(N)=O. The van der Waals surface area contributed by atoms with Gasteiger partial charge in [-0.2, -0.15) is 18.3 Å².